The van der Waals surface area contributed by atoms with Gasteiger partial charge in [0, 0.05) is 28.7 Å². The van der Waals surface area contributed by atoms with Crippen molar-refractivity contribution in [1.29, 1.82) is 0 Å². The van der Waals surface area contributed by atoms with Gasteiger partial charge in [0.1, 0.15) is 0 Å². The van der Waals surface area contributed by atoms with Gasteiger partial charge in [-0.2, -0.15) is 0 Å². The largest absolute Gasteiger partial charge is 0.324 e. The third kappa shape index (κ3) is 4.02. The molecule has 0 fully saturated rings. The number of rotatable bonds is 3. The lowest BCUT2D eigenvalue weighted by atomic mass is 10.2. The van der Waals surface area contributed by atoms with Crippen molar-refractivity contribution < 1.29 is 9.59 Å². The van der Waals surface area contributed by atoms with Gasteiger partial charge in [-0.05, 0) is 54.6 Å². The van der Waals surface area contributed by atoms with Gasteiger partial charge in [-0.3, -0.25) is 20.4 Å². The van der Waals surface area contributed by atoms with Gasteiger partial charge < -0.3 is 4.57 Å². The minimum absolute atomic E-state index is 0.204. The highest BCUT2D eigenvalue weighted by atomic mass is 35.5. The summed E-state index contributed by atoms with van der Waals surface area (Å²) in [5.74, 6) is -0.962. The SMILES string of the molecule is O=C(NNC(=O)c1ccc(Cl)cc1Cl)c1ccc(-n2cccc2)cc1. The molecular formula is C18H13Cl2N3O2. The summed E-state index contributed by atoms with van der Waals surface area (Å²) in [6.07, 6.45) is 3.82. The Hall–Kier alpha value is -2.76. The topological polar surface area (TPSA) is 63.1 Å². The molecule has 0 spiro atoms. The Bertz CT molecular complexity index is 907. The van der Waals surface area contributed by atoms with Crippen LogP contribution in [0.4, 0.5) is 0 Å². The predicted octanol–water partition coefficient (Wildman–Crippen LogP) is 3.86. The standard InChI is InChI=1S/C18H13Cl2N3O2/c19-13-5-8-15(16(20)11-13)18(25)22-21-17(24)12-3-6-14(7-4-12)23-9-1-2-10-23/h1-11H,(H,21,24)(H,22,25). The Morgan fingerprint density at radius 3 is 2.12 bits per heavy atom. The summed E-state index contributed by atoms with van der Waals surface area (Å²) in [7, 11) is 0. The Kier molecular flexibility index (Phi) is 5.07. The minimum atomic E-state index is -0.529. The number of carbonyl (C=O) groups excluding carboxylic acids is 2. The van der Waals surface area contributed by atoms with E-state index in [1.54, 1.807) is 18.2 Å². The molecule has 0 atom stereocenters. The van der Waals surface area contributed by atoms with Crippen LogP contribution in [-0.4, -0.2) is 16.4 Å². The summed E-state index contributed by atoms with van der Waals surface area (Å²) < 4.78 is 1.92. The second-order valence-electron chi connectivity index (χ2n) is 5.17. The molecule has 25 heavy (non-hydrogen) atoms. The van der Waals surface area contributed by atoms with Gasteiger partial charge >= 0.3 is 0 Å². The van der Waals surface area contributed by atoms with Crippen LogP contribution in [0.2, 0.25) is 10.0 Å². The highest BCUT2D eigenvalue weighted by Gasteiger charge is 2.12. The van der Waals surface area contributed by atoms with Gasteiger partial charge in [-0.25, -0.2) is 0 Å². The maximum atomic E-state index is 12.1. The molecule has 0 radical (unpaired) electrons. The zero-order valence-electron chi connectivity index (χ0n) is 12.9. The van der Waals surface area contributed by atoms with Crippen LogP contribution in [-0.2, 0) is 0 Å². The molecular weight excluding hydrogens is 361 g/mol. The van der Waals surface area contributed by atoms with Crippen LogP contribution >= 0.6 is 23.2 Å². The van der Waals surface area contributed by atoms with Crippen LogP contribution in [0.25, 0.3) is 5.69 Å². The number of nitrogens with zero attached hydrogens (tertiary/aromatic N) is 1. The van der Waals surface area contributed by atoms with Crippen LogP contribution in [0, 0.1) is 0 Å². The van der Waals surface area contributed by atoms with Crippen molar-refractivity contribution in [3.8, 4) is 5.69 Å². The number of benzene rings is 2. The number of hydrogen-bond acceptors (Lipinski definition) is 2. The van der Waals surface area contributed by atoms with Crippen molar-refractivity contribution in [2.45, 2.75) is 0 Å². The van der Waals surface area contributed by atoms with Gasteiger partial charge in [0.15, 0.2) is 0 Å². The first-order valence-electron chi connectivity index (χ1n) is 7.34. The first-order valence-corrected chi connectivity index (χ1v) is 8.09. The number of amides is 2. The fourth-order valence-electron chi connectivity index (χ4n) is 2.22. The van der Waals surface area contributed by atoms with E-state index in [0.29, 0.717) is 10.6 Å². The molecule has 3 rings (SSSR count). The van der Waals surface area contributed by atoms with E-state index in [1.165, 1.54) is 12.1 Å². The first kappa shape index (κ1) is 17.1. The highest BCUT2D eigenvalue weighted by molar-refractivity contribution is 6.36. The third-order valence-corrected chi connectivity index (χ3v) is 4.05. The summed E-state index contributed by atoms with van der Waals surface area (Å²) in [5.41, 5.74) is 6.25. The predicted molar refractivity (Wildman–Crippen MR) is 97.2 cm³/mol. The van der Waals surface area contributed by atoms with Gasteiger partial charge in [-0.1, -0.05) is 23.2 Å². The maximum absolute atomic E-state index is 12.1. The van der Waals surface area contributed by atoms with Crippen LogP contribution in [0.1, 0.15) is 20.7 Å². The van der Waals surface area contributed by atoms with Crippen molar-refractivity contribution in [2.24, 2.45) is 0 Å². The molecule has 3 aromatic rings. The summed E-state index contributed by atoms with van der Waals surface area (Å²) >= 11 is 11.8. The normalized spacial score (nSPS) is 10.3. The molecule has 0 aliphatic carbocycles. The molecule has 2 aromatic carbocycles. The van der Waals surface area contributed by atoms with Gasteiger partial charge in [-0.15, -0.1) is 0 Å². The number of aromatic nitrogens is 1. The van der Waals surface area contributed by atoms with E-state index >= 15 is 0 Å². The van der Waals surface area contributed by atoms with Crippen LogP contribution in [0.3, 0.4) is 0 Å². The lowest BCUT2D eigenvalue weighted by molar-refractivity contribution is 0.0847. The van der Waals surface area contributed by atoms with E-state index < -0.39 is 11.8 Å². The summed E-state index contributed by atoms with van der Waals surface area (Å²) in [5, 5.41) is 0.628. The fraction of sp³-hybridized carbons (Fsp3) is 0. The van der Waals surface area contributed by atoms with E-state index in [-0.39, 0.29) is 10.6 Å². The molecule has 0 unspecified atom stereocenters. The average molecular weight is 374 g/mol. The zero-order valence-corrected chi connectivity index (χ0v) is 14.4. The van der Waals surface area contributed by atoms with Crippen molar-refractivity contribution >= 4 is 35.0 Å². The molecule has 0 saturated heterocycles. The molecule has 0 aliphatic rings. The summed E-state index contributed by atoms with van der Waals surface area (Å²) in [6, 6.07) is 15.3. The number of hydrogen-bond donors (Lipinski definition) is 2. The van der Waals surface area contributed by atoms with Gasteiger partial charge in [0.2, 0.25) is 0 Å². The molecule has 126 valence electrons. The quantitative estimate of drug-likeness (QED) is 0.684. The van der Waals surface area contributed by atoms with E-state index in [0.717, 1.165) is 5.69 Å². The smallest absolute Gasteiger partial charge is 0.271 e. The molecule has 0 saturated carbocycles. The summed E-state index contributed by atoms with van der Waals surface area (Å²) in [4.78, 5) is 24.2. The van der Waals surface area contributed by atoms with Crippen molar-refractivity contribution in [1.82, 2.24) is 15.4 Å². The lowest BCUT2D eigenvalue weighted by Gasteiger charge is -2.09. The molecule has 2 amide bonds. The third-order valence-electron chi connectivity index (χ3n) is 3.50. The number of nitrogens with one attached hydrogen (secondary N) is 2. The molecule has 5 nitrogen and oxygen atoms in total. The average Bonchev–Trinajstić information content (AvgIpc) is 3.14. The van der Waals surface area contributed by atoms with Crippen molar-refractivity contribution in [3.63, 3.8) is 0 Å². The minimum Gasteiger partial charge on any atom is -0.324 e. The Morgan fingerprint density at radius 2 is 1.48 bits per heavy atom. The molecule has 7 heteroatoms. The number of halogens is 2. The van der Waals surface area contributed by atoms with Gasteiger partial charge in [0.25, 0.3) is 11.8 Å². The van der Waals surface area contributed by atoms with E-state index in [2.05, 4.69) is 10.9 Å². The van der Waals surface area contributed by atoms with E-state index in [9.17, 15) is 9.59 Å². The lowest BCUT2D eigenvalue weighted by Crippen LogP contribution is -2.41. The van der Waals surface area contributed by atoms with E-state index in [1.807, 2.05) is 41.2 Å². The fourth-order valence-corrected chi connectivity index (χ4v) is 2.71. The Labute approximate surface area is 154 Å². The van der Waals surface area contributed by atoms with Crippen LogP contribution < -0.4 is 10.9 Å². The summed E-state index contributed by atoms with van der Waals surface area (Å²) in [6.45, 7) is 0. The second-order valence-corrected chi connectivity index (χ2v) is 6.01. The monoisotopic (exact) mass is 373 g/mol. The van der Waals surface area contributed by atoms with Gasteiger partial charge in [0.05, 0.1) is 10.6 Å². The molecule has 1 aromatic heterocycles. The zero-order chi connectivity index (χ0) is 17.8. The Morgan fingerprint density at radius 1 is 0.840 bits per heavy atom. The second kappa shape index (κ2) is 7.42. The van der Waals surface area contributed by atoms with Crippen molar-refractivity contribution in [3.05, 3.63) is 88.2 Å². The maximum Gasteiger partial charge on any atom is 0.271 e. The molecule has 2 N–H and O–H groups in total. The van der Waals surface area contributed by atoms with Crippen LogP contribution in [0.5, 0.6) is 0 Å². The first-order chi connectivity index (χ1) is 12.0. The van der Waals surface area contributed by atoms with Crippen molar-refractivity contribution in [2.75, 3.05) is 0 Å². The van der Waals surface area contributed by atoms with E-state index in [4.69, 9.17) is 23.2 Å². The highest BCUT2D eigenvalue weighted by Crippen LogP contribution is 2.20. The molecule has 1 heterocycles. The molecule has 0 bridgehead atoms. The number of hydrazine groups is 1. The Balaban J connectivity index is 1.63. The number of carbonyl (C=O) groups is 2. The van der Waals surface area contributed by atoms with Crippen LogP contribution in [0.15, 0.2) is 67.0 Å². The molecule has 0 aliphatic heterocycles.